The standard InChI is InChI=1S/C21H19N3O3/c1-23(18-10-6-3-7-11-18)21(25)17-12-13-19(20(14-17)24(26)27)22-15-16-8-4-2-5-9-16/h2-14,22H,15H2,1H3. The molecule has 0 heterocycles. The number of hydrogen-bond acceptors (Lipinski definition) is 4. The zero-order valence-electron chi connectivity index (χ0n) is 14.8. The van der Waals surface area contributed by atoms with E-state index in [4.69, 9.17) is 0 Å². The lowest BCUT2D eigenvalue weighted by atomic mass is 10.1. The molecule has 3 aromatic rings. The summed E-state index contributed by atoms with van der Waals surface area (Å²) in [5, 5.41) is 14.6. The summed E-state index contributed by atoms with van der Waals surface area (Å²) in [4.78, 5) is 25.2. The number of carbonyl (C=O) groups excluding carboxylic acids is 1. The maximum absolute atomic E-state index is 12.7. The number of benzene rings is 3. The van der Waals surface area contributed by atoms with Gasteiger partial charge in [-0.3, -0.25) is 14.9 Å². The summed E-state index contributed by atoms with van der Waals surface area (Å²) in [5.41, 5.74) is 2.24. The summed E-state index contributed by atoms with van der Waals surface area (Å²) in [6.45, 7) is 0.457. The minimum absolute atomic E-state index is 0.127. The van der Waals surface area contributed by atoms with Crippen LogP contribution in [0.3, 0.4) is 0 Å². The highest BCUT2D eigenvalue weighted by Gasteiger charge is 2.20. The molecule has 0 saturated carbocycles. The Hall–Kier alpha value is -3.67. The fourth-order valence-corrected chi connectivity index (χ4v) is 2.72. The van der Waals surface area contributed by atoms with Crippen molar-refractivity contribution in [3.63, 3.8) is 0 Å². The molecule has 1 amide bonds. The van der Waals surface area contributed by atoms with Gasteiger partial charge in [0.05, 0.1) is 4.92 Å². The molecule has 1 N–H and O–H groups in total. The number of anilines is 2. The van der Waals surface area contributed by atoms with Crippen molar-refractivity contribution >= 4 is 23.0 Å². The topological polar surface area (TPSA) is 75.5 Å². The Bertz CT molecular complexity index is 943. The second-order valence-corrected chi connectivity index (χ2v) is 6.03. The van der Waals surface area contributed by atoms with Gasteiger partial charge in [0, 0.05) is 30.9 Å². The number of nitro benzene ring substituents is 1. The molecule has 0 radical (unpaired) electrons. The van der Waals surface area contributed by atoms with Crippen molar-refractivity contribution in [1.29, 1.82) is 0 Å². The van der Waals surface area contributed by atoms with Gasteiger partial charge in [-0.1, -0.05) is 48.5 Å². The van der Waals surface area contributed by atoms with Crippen LogP contribution in [0.25, 0.3) is 0 Å². The Balaban J connectivity index is 1.82. The van der Waals surface area contributed by atoms with Crippen LogP contribution < -0.4 is 10.2 Å². The summed E-state index contributed by atoms with van der Waals surface area (Å²) in [7, 11) is 1.64. The molecule has 0 aliphatic carbocycles. The number of carbonyl (C=O) groups is 1. The third-order valence-corrected chi connectivity index (χ3v) is 4.22. The maximum Gasteiger partial charge on any atom is 0.293 e. The highest BCUT2D eigenvalue weighted by Crippen LogP contribution is 2.27. The van der Waals surface area contributed by atoms with E-state index in [1.807, 2.05) is 60.7 Å². The molecular weight excluding hydrogens is 342 g/mol. The Labute approximate surface area is 157 Å². The van der Waals surface area contributed by atoms with Crippen LogP contribution in [-0.4, -0.2) is 17.9 Å². The summed E-state index contributed by atoms with van der Waals surface area (Å²) in [6, 6.07) is 23.2. The molecule has 6 nitrogen and oxygen atoms in total. The molecule has 136 valence electrons. The van der Waals surface area contributed by atoms with Gasteiger partial charge >= 0.3 is 0 Å². The molecule has 0 atom stereocenters. The molecule has 27 heavy (non-hydrogen) atoms. The minimum atomic E-state index is -0.480. The molecule has 0 unspecified atom stereocenters. The molecule has 0 bridgehead atoms. The number of amides is 1. The minimum Gasteiger partial charge on any atom is -0.375 e. The van der Waals surface area contributed by atoms with Crippen LogP contribution in [0, 0.1) is 10.1 Å². The zero-order chi connectivity index (χ0) is 19.2. The second kappa shape index (κ2) is 8.14. The highest BCUT2D eigenvalue weighted by atomic mass is 16.6. The van der Waals surface area contributed by atoms with Gasteiger partial charge < -0.3 is 10.2 Å². The van der Waals surface area contributed by atoms with E-state index in [2.05, 4.69) is 5.32 Å². The molecule has 0 saturated heterocycles. The summed E-state index contributed by atoms with van der Waals surface area (Å²) >= 11 is 0. The summed E-state index contributed by atoms with van der Waals surface area (Å²) in [6.07, 6.45) is 0. The van der Waals surface area contributed by atoms with E-state index < -0.39 is 4.92 Å². The smallest absolute Gasteiger partial charge is 0.293 e. The van der Waals surface area contributed by atoms with Gasteiger partial charge in [0.25, 0.3) is 11.6 Å². The largest absolute Gasteiger partial charge is 0.375 e. The number of para-hydroxylation sites is 1. The fourth-order valence-electron chi connectivity index (χ4n) is 2.72. The lowest BCUT2D eigenvalue weighted by Gasteiger charge is -2.17. The predicted octanol–water partition coefficient (Wildman–Crippen LogP) is 4.48. The number of rotatable bonds is 6. The number of nitrogens with zero attached hydrogens (tertiary/aromatic N) is 2. The number of hydrogen-bond donors (Lipinski definition) is 1. The molecule has 3 rings (SSSR count). The molecule has 0 fully saturated rings. The quantitative estimate of drug-likeness (QED) is 0.519. The van der Waals surface area contributed by atoms with E-state index in [0.717, 1.165) is 11.3 Å². The van der Waals surface area contributed by atoms with Crippen LogP contribution >= 0.6 is 0 Å². The van der Waals surface area contributed by atoms with E-state index in [0.29, 0.717) is 12.2 Å². The zero-order valence-corrected chi connectivity index (χ0v) is 14.8. The normalized spacial score (nSPS) is 10.3. The van der Waals surface area contributed by atoms with Crippen molar-refractivity contribution in [3.05, 3.63) is 100 Å². The van der Waals surface area contributed by atoms with Gasteiger partial charge in [-0.05, 0) is 29.8 Å². The first-order chi connectivity index (χ1) is 13.1. The maximum atomic E-state index is 12.7. The van der Waals surface area contributed by atoms with Crippen LogP contribution in [0.4, 0.5) is 17.1 Å². The van der Waals surface area contributed by atoms with Crippen molar-refractivity contribution in [3.8, 4) is 0 Å². The third-order valence-electron chi connectivity index (χ3n) is 4.22. The van der Waals surface area contributed by atoms with E-state index in [1.54, 1.807) is 19.2 Å². The van der Waals surface area contributed by atoms with Crippen molar-refractivity contribution in [2.45, 2.75) is 6.54 Å². The van der Waals surface area contributed by atoms with Gasteiger partial charge in [-0.15, -0.1) is 0 Å². The monoisotopic (exact) mass is 361 g/mol. The summed E-state index contributed by atoms with van der Waals surface area (Å²) < 4.78 is 0. The van der Waals surface area contributed by atoms with Gasteiger partial charge in [-0.2, -0.15) is 0 Å². The van der Waals surface area contributed by atoms with Crippen molar-refractivity contribution in [2.75, 3.05) is 17.3 Å². The van der Waals surface area contributed by atoms with Crippen molar-refractivity contribution in [1.82, 2.24) is 0 Å². The highest BCUT2D eigenvalue weighted by molar-refractivity contribution is 6.06. The van der Waals surface area contributed by atoms with E-state index >= 15 is 0 Å². The Morgan fingerprint density at radius 1 is 1.00 bits per heavy atom. The molecule has 0 spiro atoms. The molecule has 3 aromatic carbocycles. The third kappa shape index (κ3) is 4.30. The first kappa shape index (κ1) is 18.1. The van der Waals surface area contributed by atoms with Crippen molar-refractivity contribution in [2.24, 2.45) is 0 Å². The molecule has 0 aromatic heterocycles. The Morgan fingerprint density at radius 2 is 1.63 bits per heavy atom. The fraction of sp³-hybridized carbons (Fsp3) is 0.0952. The second-order valence-electron chi connectivity index (χ2n) is 6.03. The molecular formula is C21H19N3O3. The Kier molecular flexibility index (Phi) is 5.47. The summed E-state index contributed by atoms with van der Waals surface area (Å²) in [5.74, 6) is -0.307. The van der Waals surface area contributed by atoms with Crippen LogP contribution in [0.15, 0.2) is 78.9 Å². The first-order valence-electron chi connectivity index (χ1n) is 8.45. The molecule has 6 heteroatoms. The lowest BCUT2D eigenvalue weighted by Crippen LogP contribution is -2.26. The van der Waals surface area contributed by atoms with Crippen molar-refractivity contribution < 1.29 is 9.72 Å². The van der Waals surface area contributed by atoms with Crippen LogP contribution in [0.5, 0.6) is 0 Å². The van der Waals surface area contributed by atoms with Crippen LogP contribution in [0.1, 0.15) is 15.9 Å². The average molecular weight is 361 g/mol. The SMILES string of the molecule is CN(C(=O)c1ccc(NCc2ccccc2)c([N+](=O)[O-])c1)c1ccccc1. The molecule has 0 aliphatic heterocycles. The van der Waals surface area contributed by atoms with Gasteiger partial charge in [0.15, 0.2) is 0 Å². The first-order valence-corrected chi connectivity index (χ1v) is 8.45. The Morgan fingerprint density at radius 3 is 2.26 bits per heavy atom. The number of nitro groups is 1. The number of nitrogens with one attached hydrogen (secondary N) is 1. The van der Waals surface area contributed by atoms with Gasteiger partial charge in [-0.25, -0.2) is 0 Å². The van der Waals surface area contributed by atoms with E-state index in [-0.39, 0.29) is 17.2 Å². The predicted molar refractivity (Wildman–Crippen MR) is 106 cm³/mol. The van der Waals surface area contributed by atoms with E-state index in [9.17, 15) is 14.9 Å². The van der Waals surface area contributed by atoms with E-state index in [1.165, 1.54) is 11.0 Å². The molecule has 0 aliphatic rings. The van der Waals surface area contributed by atoms with Crippen LogP contribution in [0.2, 0.25) is 0 Å². The average Bonchev–Trinajstić information content (AvgIpc) is 2.72. The van der Waals surface area contributed by atoms with Gasteiger partial charge in [0.1, 0.15) is 5.69 Å². The van der Waals surface area contributed by atoms with Gasteiger partial charge in [0.2, 0.25) is 0 Å². The lowest BCUT2D eigenvalue weighted by molar-refractivity contribution is -0.384. The van der Waals surface area contributed by atoms with Crippen LogP contribution in [-0.2, 0) is 6.54 Å².